The van der Waals surface area contributed by atoms with Crippen LogP contribution in [0.5, 0.6) is 0 Å². The first-order valence-electron chi connectivity index (χ1n) is 12.2. The van der Waals surface area contributed by atoms with E-state index in [1.54, 1.807) is 0 Å². The number of piperazine rings is 1. The Bertz CT molecular complexity index is 1120. The first-order chi connectivity index (χ1) is 17.2. The van der Waals surface area contributed by atoms with Gasteiger partial charge in [-0.25, -0.2) is 0 Å². The van der Waals surface area contributed by atoms with Gasteiger partial charge < -0.3 is 14.5 Å². The average molecular weight is 493 g/mol. The SMILES string of the molecule is Cc1ccccc1CN1CCN(C(=O)CSc2nnc(N3CCOCC3)n2-c2ccccc2)CC1. The first-order valence-corrected chi connectivity index (χ1v) is 13.2. The van der Waals surface area contributed by atoms with Crippen LogP contribution in [0.3, 0.4) is 0 Å². The second-order valence-electron chi connectivity index (χ2n) is 8.93. The summed E-state index contributed by atoms with van der Waals surface area (Å²) >= 11 is 1.46. The molecule has 3 aromatic rings. The van der Waals surface area contributed by atoms with Crippen LogP contribution in [0.1, 0.15) is 11.1 Å². The Morgan fingerprint density at radius 1 is 0.914 bits per heavy atom. The number of amides is 1. The third-order valence-corrected chi connectivity index (χ3v) is 7.54. The smallest absolute Gasteiger partial charge is 0.233 e. The van der Waals surface area contributed by atoms with Crippen molar-refractivity contribution >= 4 is 23.6 Å². The molecule has 35 heavy (non-hydrogen) atoms. The number of carbonyl (C=O) groups excluding carboxylic acids is 1. The zero-order valence-corrected chi connectivity index (χ0v) is 21.0. The highest BCUT2D eigenvalue weighted by Gasteiger charge is 2.25. The standard InChI is InChI=1S/C26H32N6O2S/c1-21-7-5-6-8-22(21)19-29-11-13-30(14-12-29)24(33)20-35-26-28-27-25(31-15-17-34-18-16-31)32(26)23-9-3-2-4-10-23/h2-10H,11-20H2,1H3. The number of aryl methyl sites for hydroxylation is 1. The molecule has 2 fully saturated rings. The van der Waals surface area contributed by atoms with Crippen molar-refractivity contribution in [3.05, 3.63) is 65.7 Å². The van der Waals surface area contributed by atoms with Gasteiger partial charge in [0, 0.05) is 45.8 Å². The summed E-state index contributed by atoms with van der Waals surface area (Å²) in [5.74, 6) is 1.31. The first kappa shape index (κ1) is 23.8. The van der Waals surface area contributed by atoms with Gasteiger partial charge in [0.1, 0.15) is 0 Å². The molecule has 1 amide bonds. The number of aromatic nitrogens is 3. The summed E-state index contributed by atoms with van der Waals surface area (Å²) in [6, 6.07) is 18.6. The average Bonchev–Trinajstić information content (AvgIpc) is 3.34. The van der Waals surface area contributed by atoms with Crippen molar-refractivity contribution < 1.29 is 9.53 Å². The quantitative estimate of drug-likeness (QED) is 0.470. The number of benzene rings is 2. The maximum absolute atomic E-state index is 13.0. The van der Waals surface area contributed by atoms with Gasteiger partial charge in [0.05, 0.1) is 24.7 Å². The molecule has 5 rings (SSSR count). The van der Waals surface area contributed by atoms with Crippen molar-refractivity contribution in [1.82, 2.24) is 24.6 Å². The third kappa shape index (κ3) is 5.69. The van der Waals surface area contributed by atoms with Crippen molar-refractivity contribution in [2.45, 2.75) is 18.6 Å². The zero-order chi connectivity index (χ0) is 24.0. The number of hydrogen-bond acceptors (Lipinski definition) is 7. The second-order valence-corrected chi connectivity index (χ2v) is 9.87. The topological polar surface area (TPSA) is 66.7 Å². The third-order valence-electron chi connectivity index (χ3n) is 6.63. The van der Waals surface area contributed by atoms with Crippen LogP contribution in [0.4, 0.5) is 5.95 Å². The Labute approximate surface area is 210 Å². The highest BCUT2D eigenvalue weighted by Crippen LogP contribution is 2.27. The fraction of sp³-hybridized carbons (Fsp3) is 0.423. The molecule has 2 aromatic carbocycles. The predicted molar refractivity (Wildman–Crippen MR) is 138 cm³/mol. The Balaban J connectivity index is 1.21. The zero-order valence-electron chi connectivity index (χ0n) is 20.2. The lowest BCUT2D eigenvalue weighted by molar-refractivity contribution is -0.130. The van der Waals surface area contributed by atoms with Gasteiger partial charge in [-0.05, 0) is 30.2 Å². The number of para-hydroxylation sites is 1. The molecule has 1 aromatic heterocycles. The molecule has 0 bridgehead atoms. The van der Waals surface area contributed by atoms with Crippen LogP contribution < -0.4 is 4.90 Å². The maximum atomic E-state index is 13.0. The second kappa shape index (κ2) is 11.2. The number of hydrogen-bond donors (Lipinski definition) is 0. The van der Waals surface area contributed by atoms with Gasteiger partial charge in [-0.1, -0.05) is 54.2 Å². The van der Waals surface area contributed by atoms with Crippen LogP contribution >= 0.6 is 11.8 Å². The minimum absolute atomic E-state index is 0.154. The van der Waals surface area contributed by atoms with E-state index in [0.717, 1.165) is 62.6 Å². The van der Waals surface area contributed by atoms with E-state index in [1.807, 2.05) is 35.2 Å². The van der Waals surface area contributed by atoms with Crippen molar-refractivity contribution in [3.63, 3.8) is 0 Å². The van der Waals surface area contributed by atoms with E-state index in [2.05, 4.69) is 55.8 Å². The minimum atomic E-state index is 0.154. The molecule has 9 heteroatoms. The summed E-state index contributed by atoms with van der Waals surface area (Å²) < 4.78 is 7.57. The van der Waals surface area contributed by atoms with Crippen molar-refractivity contribution in [2.24, 2.45) is 0 Å². The molecule has 184 valence electrons. The van der Waals surface area contributed by atoms with Gasteiger partial charge in [-0.3, -0.25) is 14.3 Å². The fourth-order valence-electron chi connectivity index (χ4n) is 4.53. The minimum Gasteiger partial charge on any atom is -0.378 e. The predicted octanol–water partition coefficient (Wildman–Crippen LogP) is 2.85. The molecule has 2 aliphatic heterocycles. The summed E-state index contributed by atoms with van der Waals surface area (Å²) in [5, 5.41) is 9.70. The lowest BCUT2D eigenvalue weighted by Gasteiger charge is -2.35. The van der Waals surface area contributed by atoms with E-state index in [4.69, 9.17) is 4.74 Å². The summed E-state index contributed by atoms with van der Waals surface area (Å²) in [5.41, 5.74) is 3.68. The lowest BCUT2D eigenvalue weighted by Crippen LogP contribution is -2.48. The van der Waals surface area contributed by atoms with Gasteiger partial charge >= 0.3 is 0 Å². The lowest BCUT2D eigenvalue weighted by atomic mass is 10.1. The molecule has 0 atom stereocenters. The van der Waals surface area contributed by atoms with Crippen molar-refractivity contribution in [2.75, 3.05) is 63.1 Å². The molecule has 2 saturated heterocycles. The normalized spacial score (nSPS) is 17.1. The number of anilines is 1. The fourth-order valence-corrected chi connectivity index (χ4v) is 5.38. The van der Waals surface area contributed by atoms with Crippen LogP contribution in [0, 0.1) is 6.92 Å². The highest BCUT2D eigenvalue weighted by atomic mass is 32.2. The molecular weight excluding hydrogens is 460 g/mol. The molecule has 8 nitrogen and oxygen atoms in total. The van der Waals surface area contributed by atoms with Crippen LogP contribution in [-0.4, -0.2) is 88.7 Å². The number of ether oxygens (including phenoxy) is 1. The number of morpholine rings is 1. The van der Waals surface area contributed by atoms with E-state index in [1.165, 1.54) is 22.9 Å². The number of thioether (sulfide) groups is 1. The Morgan fingerprint density at radius 2 is 1.63 bits per heavy atom. The Morgan fingerprint density at radius 3 is 2.37 bits per heavy atom. The van der Waals surface area contributed by atoms with Gasteiger partial charge in [-0.2, -0.15) is 0 Å². The largest absolute Gasteiger partial charge is 0.378 e. The van der Waals surface area contributed by atoms with Gasteiger partial charge in [-0.15, -0.1) is 10.2 Å². The maximum Gasteiger partial charge on any atom is 0.233 e. The molecule has 0 radical (unpaired) electrons. The summed E-state index contributed by atoms with van der Waals surface area (Å²) in [6.45, 7) is 9.32. The van der Waals surface area contributed by atoms with E-state index in [9.17, 15) is 4.79 Å². The van der Waals surface area contributed by atoms with Gasteiger partial charge in [0.15, 0.2) is 5.16 Å². The number of carbonyl (C=O) groups is 1. The summed E-state index contributed by atoms with van der Waals surface area (Å²) in [7, 11) is 0. The molecule has 0 unspecified atom stereocenters. The molecule has 2 aliphatic rings. The van der Waals surface area contributed by atoms with E-state index in [0.29, 0.717) is 19.0 Å². The number of nitrogens with zero attached hydrogens (tertiary/aromatic N) is 6. The van der Waals surface area contributed by atoms with Gasteiger partial charge in [0.25, 0.3) is 0 Å². The van der Waals surface area contributed by atoms with Crippen LogP contribution in [0.25, 0.3) is 5.69 Å². The van der Waals surface area contributed by atoms with E-state index in [-0.39, 0.29) is 5.91 Å². The van der Waals surface area contributed by atoms with E-state index < -0.39 is 0 Å². The highest BCUT2D eigenvalue weighted by molar-refractivity contribution is 7.99. The summed E-state index contributed by atoms with van der Waals surface area (Å²) in [6.07, 6.45) is 0. The molecular formula is C26H32N6O2S. The van der Waals surface area contributed by atoms with Crippen LogP contribution in [0.2, 0.25) is 0 Å². The van der Waals surface area contributed by atoms with Crippen molar-refractivity contribution in [3.8, 4) is 5.69 Å². The molecule has 3 heterocycles. The van der Waals surface area contributed by atoms with Crippen LogP contribution in [-0.2, 0) is 16.1 Å². The van der Waals surface area contributed by atoms with Crippen molar-refractivity contribution in [1.29, 1.82) is 0 Å². The van der Waals surface area contributed by atoms with Gasteiger partial charge in [0.2, 0.25) is 11.9 Å². The molecule has 0 aliphatic carbocycles. The van der Waals surface area contributed by atoms with E-state index >= 15 is 0 Å². The Kier molecular flexibility index (Phi) is 7.66. The molecule has 0 saturated carbocycles. The number of rotatable bonds is 7. The summed E-state index contributed by atoms with van der Waals surface area (Å²) in [4.78, 5) is 19.7. The Hall–Kier alpha value is -2.88. The van der Waals surface area contributed by atoms with Crippen LogP contribution in [0.15, 0.2) is 59.8 Å². The monoisotopic (exact) mass is 492 g/mol. The molecule has 0 N–H and O–H groups in total. The molecule has 0 spiro atoms.